The van der Waals surface area contributed by atoms with Crippen LogP contribution in [-0.2, 0) is 13.6 Å². The maximum atomic E-state index is 12.6. The van der Waals surface area contributed by atoms with Gasteiger partial charge < -0.3 is 20.2 Å². The molecule has 2 heterocycles. The minimum Gasteiger partial charge on any atom is -0.364 e. The highest BCUT2D eigenvalue weighted by Crippen LogP contribution is 2.21. The summed E-state index contributed by atoms with van der Waals surface area (Å²) < 4.78 is 3.20. The molecule has 2 amide bonds. The van der Waals surface area contributed by atoms with Crippen LogP contribution < -0.4 is 11.1 Å². The van der Waals surface area contributed by atoms with E-state index in [1.807, 2.05) is 24.3 Å². The first kappa shape index (κ1) is 15.4. The fourth-order valence-corrected chi connectivity index (χ4v) is 2.71. The van der Waals surface area contributed by atoms with Crippen LogP contribution in [0.1, 0.15) is 21.0 Å². The van der Waals surface area contributed by atoms with E-state index < -0.39 is 5.91 Å². The van der Waals surface area contributed by atoms with E-state index in [9.17, 15) is 9.59 Å². The minimum atomic E-state index is -0.573. The fourth-order valence-electron chi connectivity index (χ4n) is 2.71. The second-order valence-corrected chi connectivity index (χ2v) is 5.38. The number of carbonyl (C=O) groups excluding carboxylic acids is 2. The number of benzene rings is 1. The Morgan fingerprint density at radius 1 is 1.25 bits per heavy atom. The van der Waals surface area contributed by atoms with Gasteiger partial charge in [0.2, 0.25) is 0 Å². The molecule has 3 aromatic rings. The standard InChI is InChI=1S/C17H15N5O2/c1-21-10-12(9-14(21)16(19)23)20-17(24)15-8-11-4-2-3-5-13(11)22(15)7-6-18/h2-5,8-10H,7H2,1H3,(H2,19,23)(H,20,24). The van der Waals surface area contributed by atoms with Crippen molar-refractivity contribution in [2.45, 2.75) is 6.54 Å². The monoisotopic (exact) mass is 321 g/mol. The summed E-state index contributed by atoms with van der Waals surface area (Å²) in [6.07, 6.45) is 1.61. The number of nitrogens with two attached hydrogens (primary N) is 1. The molecule has 7 heteroatoms. The van der Waals surface area contributed by atoms with Crippen molar-refractivity contribution in [1.29, 1.82) is 5.26 Å². The van der Waals surface area contributed by atoms with E-state index in [0.29, 0.717) is 17.1 Å². The molecule has 0 aliphatic heterocycles. The number of hydrogen-bond acceptors (Lipinski definition) is 3. The molecule has 0 aliphatic carbocycles. The number of rotatable bonds is 4. The second-order valence-electron chi connectivity index (χ2n) is 5.38. The van der Waals surface area contributed by atoms with Gasteiger partial charge >= 0.3 is 0 Å². The summed E-state index contributed by atoms with van der Waals surface area (Å²) >= 11 is 0. The number of nitriles is 1. The van der Waals surface area contributed by atoms with E-state index in [0.717, 1.165) is 10.9 Å². The van der Waals surface area contributed by atoms with E-state index in [2.05, 4.69) is 11.4 Å². The molecule has 0 radical (unpaired) electrons. The molecule has 0 aliphatic rings. The largest absolute Gasteiger partial charge is 0.364 e. The number of amides is 2. The van der Waals surface area contributed by atoms with Crippen molar-refractivity contribution in [2.24, 2.45) is 12.8 Å². The number of nitrogens with one attached hydrogen (secondary N) is 1. The summed E-state index contributed by atoms with van der Waals surface area (Å²) in [5, 5.41) is 12.7. The normalized spacial score (nSPS) is 10.5. The van der Waals surface area contributed by atoms with Crippen molar-refractivity contribution in [1.82, 2.24) is 9.13 Å². The summed E-state index contributed by atoms with van der Waals surface area (Å²) in [6, 6.07) is 12.8. The number of nitrogens with zero attached hydrogens (tertiary/aromatic N) is 3. The minimum absolute atomic E-state index is 0.0671. The highest BCUT2D eigenvalue weighted by atomic mass is 16.2. The third-order valence-corrected chi connectivity index (χ3v) is 3.79. The molecule has 7 nitrogen and oxygen atoms in total. The Labute approximate surface area is 137 Å². The number of hydrogen-bond donors (Lipinski definition) is 2. The first-order chi connectivity index (χ1) is 11.5. The summed E-state index contributed by atoms with van der Waals surface area (Å²) in [7, 11) is 1.67. The molecule has 2 aromatic heterocycles. The average Bonchev–Trinajstić information content (AvgIpc) is 3.09. The van der Waals surface area contributed by atoms with Crippen molar-refractivity contribution in [2.75, 3.05) is 5.32 Å². The number of aryl methyl sites for hydroxylation is 1. The number of carbonyl (C=O) groups is 2. The predicted molar refractivity (Wildman–Crippen MR) is 89.4 cm³/mol. The van der Waals surface area contributed by atoms with Crippen LogP contribution in [-0.4, -0.2) is 20.9 Å². The lowest BCUT2D eigenvalue weighted by Gasteiger charge is -2.06. The van der Waals surface area contributed by atoms with E-state index in [-0.39, 0.29) is 12.5 Å². The SMILES string of the molecule is Cn1cc(NC(=O)c2cc3ccccc3n2CC#N)cc1C(N)=O. The Balaban J connectivity index is 1.97. The first-order valence-corrected chi connectivity index (χ1v) is 7.24. The summed E-state index contributed by atoms with van der Waals surface area (Å²) in [4.78, 5) is 23.9. The molecule has 0 saturated heterocycles. The molecule has 0 atom stereocenters. The van der Waals surface area contributed by atoms with Crippen molar-refractivity contribution in [3.8, 4) is 6.07 Å². The first-order valence-electron chi connectivity index (χ1n) is 7.24. The molecule has 0 spiro atoms. The van der Waals surface area contributed by atoms with Crippen LogP contribution in [0.2, 0.25) is 0 Å². The van der Waals surface area contributed by atoms with Gasteiger partial charge in [-0.15, -0.1) is 0 Å². The van der Waals surface area contributed by atoms with Crippen molar-refractivity contribution < 1.29 is 9.59 Å². The number of anilines is 1. The Kier molecular flexibility index (Phi) is 3.80. The third-order valence-electron chi connectivity index (χ3n) is 3.79. The van der Waals surface area contributed by atoms with E-state index in [1.165, 1.54) is 6.07 Å². The van der Waals surface area contributed by atoms with Gasteiger partial charge in [-0.2, -0.15) is 5.26 Å². The van der Waals surface area contributed by atoms with Gasteiger partial charge in [-0.25, -0.2) is 0 Å². The molecule has 0 unspecified atom stereocenters. The van der Waals surface area contributed by atoms with Crippen LogP contribution >= 0.6 is 0 Å². The second kappa shape index (κ2) is 5.93. The number of primary amides is 1. The molecule has 120 valence electrons. The summed E-state index contributed by atoms with van der Waals surface area (Å²) in [5.41, 5.74) is 7.22. The van der Waals surface area contributed by atoms with Gasteiger partial charge in [-0.05, 0) is 18.2 Å². The van der Waals surface area contributed by atoms with Crippen LogP contribution in [0.25, 0.3) is 10.9 Å². The quantitative estimate of drug-likeness (QED) is 0.766. The Bertz CT molecular complexity index is 990. The van der Waals surface area contributed by atoms with Gasteiger partial charge in [0.05, 0.1) is 11.8 Å². The molecule has 3 rings (SSSR count). The van der Waals surface area contributed by atoms with E-state index >= 15 is 0 Å². The zero-order valence-electron chi connectivity index (χ0n) is 13.0. The molecule has 1 aromatic carbocycles. The summed E-state index contributed by atoms with van der Waals surface area (Å²) in [6.45, 7) is 0.0671. The number of aromatic nitrogens is 2. The lowest BCUT2D eigenvalue weighted by Crippen LogP contribution is -2.16. The van der Waals surface area contributed by atoms with Gasteiger partial charge in [0.25, 0.3) is 11.8 Å². The number of para-hydroxylation sites is 1. The molecular formula is C17H15N5O2. The van der Waals surface area contributed by atoms with Crippen LogP contribution in [0.3, 0.4) is 0 Å². The average molecular weight is 321 g/mol. The molecule has 0 fully saturated rings. The molecular weight excluding hydrogens is 306 g/mol. The van der Waals surface area contributed by atoms with Gasteiger partial charge in [0.1, 0.15) is 17.9 Å². The van der Waals surface area contributed by atoms with Crippen LogP contribution in [0.5, 0.6) is 0 Å². The Morgan fingerprint density at radius 2 is 2.00 bits per heavy atom. The zero-order chi connectivity index (χ0) is 17.3. The highest BCUT2D eigenvalue weighted by Gasteiger charge is 2.17. The van der Waals surface area contributed by atoms with Crippen molar-refractivity contribution in [3.05, 3.63) is 54.0 Å². The van der Waals surface area contributed by atoms with Gasteiger partial charge in [0, 0.05) is 24.1 Å². The van der Waals surface area contributed by atoms with Gasteiger partial charge in [-0.1, -0.05) is 18.2 Å². The lowest BCUT2D eigenvalue weighted by atomic mass is 10.2. The smallest absolute Gasteiger partial charge is 0.272 e. The van der Waals surface area contributed by atoms with Crippen LogP contribution in [0.4, 0.5) is 5.69 Å². The zero-order valence-corrected chi connectivity index (χ0v) is 13.0. The van der Waals surface area contributed by atoms with E-state index in [4.69, 9.17) is 11.0 Å². The van der Waals surface area contributed by atoms with Crippen LogP contribution in [0, 0.1) is 11.3 Å². The molecule has 0 bridgehead atoms. The highest BCUT2D eigenvalue weighted by molar-refractivity contribution is 6.07. The maximum absolute atomic E-state index is 12.6. The van der Waals surface area contributed by atoms with E-state index in [1.54, 1.807) is 28.4 Å². The molecule has 3 N–H and O–H groups in total. The third kappa shape index (κ3) is 2.61. The Morgan fingerprint density at radius 3 is 2.67 bits per heavy atom. The summed E-state index contributed by atoms with van der Waals surface area (Å²) in [5.74, 6) is -0.931. The Hall–Kier alpha value is -3.53. The topological polar surface area (TPSA) is 106 Å². The predicted octanol–water partition coefficient (Wildman–Crippen LogP) is 1.85. The molecule has 24 heavy (non-hydrogen) atoms. The lowest BCUT2D eigenvalue weighted by molar-refractivity contribution is 0.0989. The maximum Gasteiger partial charge on any atom is 0.272 e. The number of fused-ring (bicyclic) bond motifs is 1. The van der Waals surface area contributed by atoms with Gasteiger partial charge in [0.15, 0.2) is 0 Å². The fraction of sp³-hybridized carbons (Fsp3) is 0.118. The van der Waals surface area contributed by atoms with Crippen molar-refractivity contribution in [3.63, 3.8) is 0 Å². The van der Waals surface area contributed by atoms with Gasteiger partial charge in [-0.3, -0.25) is 9.59 Å². The van der Waals surface area contributed by atoms with Crippen LogP contribution in [0.15, 0.2) is 42.6 Å². The van der Waals surface area contributed by atoms with Crippen molar-refractivity contribution >= 4 is 28.4 Å². The molecule has 0 saturated carbocycles.